The molecule has 0 aromatic heterocycles. The van der Waals surface area contributed by atoms with Crippen LogP contribution in [0, 0.1) is 10.1 Å². The van der Waals surface area contributed by atoms with Crippen LogP contribution < -0.4 is 4.90 Å². The Kier molecular flexibility index (Phi) is 4.26. The molecule has 2 aromatic carbocycles. The van der Waals surface area contributed by atoms with Crippen LogP contribution in [0.5, 0.6) is 5.75 Å². The molecule has 0 saturated heterocycles. The number of hydrogen-bond donors (Lipinski definition) is 2. The molecule has 1 amide bonds. The van der Waals surface area contributed by atoms with Crippen LogP contribution >= 0.6 is 0 Å². The Morgan fingerprint density at radius 3 is 2.26 bits per heavy atom. The lowest BCUT2D eigenvalue weighted by atomic mass is 10.1. The molecule has 0 spiro atoms. The molecule has 0 heterocycles. The van der Waals surface area contributed by atoms with Gasteiger partial charge in [0.15, 0.2) is 5.69 Å². The Morgan fingerprint density at radius 2 is 1.78 bits per heavy atom. The molecule has 0 fully saturated rings. The first kappa shape index (κ1) is 16.0. The molecule has 2 aromatic rings. The normalized spacial score (nSPS) is 10.1. The standard InChI is InChI=1S/C15H12N2O6/c1-9(18)16(11-5-3-2-4-6-11)14-12(17(22)23)7-10(15(20)21)8-13(14)19/h2-8,19H,1H3,(H,20,21). The number of phenols is 1. The molecule has 0 atom stereocenters. The molecule has 0 aliphatic carbocycles. The molecule has 0 bridgehead atoms. The van der Waals surface area contributed by atoms with E-state index in [1.807, 2.05) is 0 Å². The lowest BCUT2D eigenvalue weighted by Gasteiger charge is -2.22. The van der Waals surface area contributed by atoms with Crippen LogP contribution in [0.15, 0.2) is 42.5 Å². The Hall–Kier alpha value is -3.42. The maximum absolute atomic E-state index is 12.0. The first-order valence-electron chi connectivity index (χ1n) is 6.43. The second-order valence-electron chi connectivity index (χ2n) is 4.62. The van der Waals surface area contributed by atoms with Gasteiger partial charge in [-0.3, -0.25) is 19.8 Å². The average molecular weight is 316 g/mol. The highest BCUT2D eigenvalue weighted by Gasteiger charge is 2.29. The number of carbonyl (C=O) groups is 2. The van der Waals surface area contributed by atoms with E-state index in [4.69, 9.17) is 5.11 Å². The van der Waals surface area contributed by atoms with Crippen LogP contribution in [0.2, 0.25) is 0 Å². The number of aromatic carboxylic acids is 1. The van der Waals surface area contributed by atoms with Gasteiger partial charge in [0.2, 0.25) is 5.91 Å². The fourth-order valence-corrected chi connectivity index (χ4v) is 2.14. The molecule has 2 rings (SSSR count). The monoisotopic (exact) mass is 316 g/mol. The van der Waals surface area contributed by atoms with Crippen LogP contribution in [0.25, 0.3) is 0 Å². The number of nitro benzene ring substituents is 1. The van der Waals surface area contributed by atoms with Gasteiger partial charge in [-0.1, -0.05) is 18.2 Å². The third kappa shape index (κ3) is 3.10. The predicted molar refractivity (Wildman–Crippen MR) is 81.0 cm³/mol. The second-order valence-corrected chi connectivity index (χ2v) is 4.62. The van der Waals surface area contributed by atoms with E-state index in [2.05, 4.69) is 0 Å². The van der Waals surface area contributed by atoms with E-state index < -0.39 is 33.8 Å². The zero-order valence-electron chi connectivity index (χ0n) is 12.0. The van der Waals surface area contributed by atoms with E-state index in [-0.39, 0.29) is 5.69 Å². The van der Waals surface area contributed by atoms with Crippen molar-refractivity contribution in [2.75, 3.05) is 4.90 Å². The van der Waals surface area contributed by atoms with Crippen LogP contribution in [0.3, 0.4) is 0 Å². The number of phenolic OH excluding ortho intramolecular Hbond substituents is 1. The molecular weight excluding hydrogens is 304 g/mol. The molecule has 0 radical (unpaired) electrons. The topological polar surface area (TPSA) is 121 Å². The van der Waals surface area contributed by atoms with Gasteiger partial charge in [0, 0.05) is 18.7 Å². The highest BCUT2D eigenvalue weighted by molar-refractivity contribution is 6.04. The summed E-state index contributed by atoms with van der Waals surface area (Å²) in [6, 6.07) is 9.69. The number of carboxylic acids is 1. The summed E-state index contributed by atoms with van der Waals surface area (Å²) in [5.74, 6) is -2.67. The maximum Gasteiger partial charge on any atom is 0.336 e. The van der Waals surface area contributed by atoms with Gasteiger partial charge in [0.25, 0.3) is 5.69 Å². The molecule has 118 valence electrons. The molecule has 8 heteroatoms. The van der Waals surface area contributed by atoms with E-state index >= 15 is 0 Å². The zero-order chi connectivity index (χ0) is 17.1. The molecule has 0 unspecified atom stereocenters. The number of aromatic hydroxyl groups is 1. The summed E-state index contributed by atoms with van der Waals surface area (Å²) in [4.78, 5) is 34.3. The van der Waals surface area contributed by atoms with Crippen LogP contribution in [0.1, 0.15) is 17.3 Å². The number of carbonyl (C=O) groups excluding carboxylic acids is 1. The summed E-state index contributed by atoms with van der Waals surface area (Å²) in [6.07, 6.45) is 0. The number of nitro groups is 1. The number of hydrogen-bond acceptors (Lipinski definition) is 5. The molecule has 0 aliphatic heterocycles. The Bertz CT molecular complexity index is 788. The SMILES string of the molecule is CC(=O)N(c1ccccc1)c1c(O)cc(C(=O)O)cc1[N+](=O)[O-]. The van der Waals surface area contributed by atoms with Crippen molar-refractivity contribution in [2.24, 2.45) is 0 Å². The van der Waals surface area contributed by atoms with Crippen molar-refractivity contribution in [3.05, 3.63) is 58.1 Å². The molecular formula is C15H12N2O6. The predicted octanol–water partition coefficient (Wildman–Crippen LogP) is 2.68. The van der Waals surface area contributed by atoms with Gasteiger partial charge in [-0.2, -0.15) is 0 Å². The van der Waals surface area contributed by atoms with Crippen molar-refractivity contribution >= 4 is 28.9 Å². The zero-order valence-corrected chi connectivity index (χ0v) is 12.0. The molecule has 2 N–H and O–H groups in total. The molecule has 8 nitrogen and oxygen atoms in total. The number of amides is 1. The van der Waals surface area contributed by atoms with Crippen LogP contribution in [-0.2, 0) is 4.79 Å². The lowest BCUT2D eigenvalue weighted by molar-refractivity contribution is -0.384. The van der Waals surface area contributed by atoms with Gasteiger partial charge in [0.1, 0.15) is 5.75 Å². The van der Waals surface area contributed by atoms with Crippen LogP contribution in [0.4, 0.5) is 17.1 Å². The van der Waals surface area contributed by atoms with Crippen molar-refractivity contribution in [1.29, 1.82) is 0 Å². The smallest absolute Gasteiger partial charge is 0.336 e. The van der Waals surface area contributed by atoms with Gasteiger partial charge < -0.3 is 10.2 Å². The molecule has 23 heavy (non-hydrogen) atoms. The third-order valence-corrected chi connectivity index (χ3v) is 3.07. The van der Waals surface area contributed by atoms with E-state index in [1.54, 1.807) is 18.2 Å². The Labute approximate surface area is 130 Å². The summed E-state index contributed by atoms with van der Waals surface area (Å²) in [6.45, 7) is 1.18. The highest BCUT2D eigenvalue weighted by Crippen LogP contribution is 2.41. The van der Waals surface area contributed by atoms with E-state index in [0.717, 1.165) is 17.0 Å². The minimum atomic E-state index is -1.43. The number of nitrogens with zero attached hydrogens (tertiary/aromatic N) is 2. The number of benzene rings is 2. The third-order valence-electron chi connectivity index (χ3n) is 3.07. The fourth-order valence-electron chi connectivity index (χ4n) is 2.14. The molecule has 0 saturated carbocycles. The average Bonchev–Trinajstić information content (AvgIpc) is 2.49. The summed E-state index contributed by atoms with van der Waals surface area (Å²) in [5.41, 5.74) is -1.20. The number of para-hydroxylation sites is 1. The first-order valence-corrected chi connectivity index (χ1v) is 6.43. The van der Waals surface area contributed by atoms with Gasteiger partial charge >= 0.3 is 5.97 Å². The highest BCUT2D eigenvalue weighted by atomic mass is 16.6. The lowest BCUT2D eigenvalue weighted by Crippen LogP contribution is -2.24. The first-order chi connectivity index (χ1) is 10.8. The molecule has 0 aliphatic rings. The van der Waals surface area contributed by atoms with E-state index in [9.17, 15) is 24.8 Å². The van der Waals surface area contributed by atoms with Crippen molar-refractivity contribution in [3.63, 3.8) is 0 Å². The van der Waals surface area contributed by atoms with Crippen molar-refractivity contribution in [3.8, 4) is 5.75 Å². The number of carboxylic acid groups (broad SMARTS) is 1. The largest absolute Gasteiger partial charge is 0.505 e. The second kappa shape index (κ2) is 6.14. The van der Waals surface area contributed by atoms with Gasteiger partial charge in [-0.05, 0) is 18.2 Å². The number of rotatable bonds is 4. The van der Waals surface area contributed by atoms with E-state index in [1.165, 1.54) is 19.1 Å². The van der Waals surface area contributed by atoms with Crippen molar-refractivity contribution in [1.82, 2.24) is 0 Å². The Morgan fingerprint density at radius 1 is 1.17 bits per heavy atom. The maximum atomic E-state index is 12.0. The quantitative estimate of drug-likeness (QED) is 0.660. The summed E-state index contributed by atoms with van der Waals surface area (Å²) < 4.78 is 0. The summed E-state index contributed by atoms with van der Waals surface area (Å²) in [7, 11) is 0. The van der Waals surface area contributed by atoms with Crippen LogP contribution in [-0.4, -0.2) is 27.0 Å². The number of anilines is 2. The van der Waals surface area contributed by atoms with Crippen molar-refractivity contribution < 1.29 is 24.7 Å². The van der Waals surface area contributed by atoms with Crippen molar-refractivity contribution in [2.45, 2.75) is 6.92 Å². The van der Waals surface area contributed by atoms with Gasteiger partial charge in [0.05, 0.1) is 10.5 Å². The summed E-state index contributed by atoms with van der Waals surface area (Å²) in [5, 5.41) is 30.3. The fraction of sp³-hybridized carbons (Fsp3) is 0.0667. The summed E-state index contributed by atoms with van der Waals surface area (Å²) >= 11 is 0. The van der Waals surface area contributed by atoms with Gasteiger partial charge in [-0.25, -0.2) is 4.79 Å². The Balaban J connectivity index is 2.76. The minimum absolute atomic E-state index is 0.307. The van der Waals surface area contributed by atoms with Gasteiger partial charge in [-0.15, -0.1) is 0 Å². The minimum Gasteiger partial charge on any atom is -0.505 e. The van der Waals surface area contributed by atoms with E-state index in [0.29, 0.717) is 5.69 Å².